The fourth-order valence-corrected chi connectivity index (χ4v) is 3.31. The standard InChI is InChI=1S/C21H33N3O3/c1-6-20(25)22-17-9-10-19(23(4)5)16(12-17)13-24(21(26)15(2)3)14-18-8-7-11-27-18/h9-10,12,15,18H,6-8,11,13-14H2,1-5H3,(H,22,25)/t18-/m0/s1. The van der Waals surface area contributed by atoms with Crippen molar-refractivity contribution in [3.63, 3.8) is 0 Å². The summed E-state index contributed by atoms with van der Waals surface area (Å²) in [6.45, 7) is 7.56. The quantitative estimate of drug-likeness (QED) is 0.758. The highest BCUT2D eigenvalue weighted by Crippen LogP contribution is 2.26. The van der Waals surface area contributed by atoms with Gasteiger partial charge in [0, 0.05) is 57.5 Å². The minimum atomic E-state index is -0.0720. The second-order valence-electron chi connectivity index (χ2n) is 7.65. The number of benzene rings is 1. The molecule has 0 aromatic heterocycles. The van der Waals surface area contributed by atoms with E-state index >= 15 is 0 Å². The topological polar surface area (TPSA) is 61.9 Å². The van der Waals surface area contributed by atoms with E-state index in [0.717, 1.165) is 36.4 Å². The lowest BCUT2D eigenvalue weighted by atomic mass is 10.1. The Kier molecular flexibility index (Phi) is 7.66. The lowest BCUT2D eigenvalue weighted by Crippen LogP contribution is -2.39. The third kappa shape index (κ3) is 5.96. The van der Waals surface area contributed by atoms with Crippen LogP contribution in [0.1, 0.15) is 45.6 Å². The van der Waals surface area contributed by atoms with Crippen LogP contribution >= 0.6 is 0 Å². The smallest absolute Gasteiger partial charge is 0.225 e. The lowest BCUT2D eigenvalue weighted by molar-refractivity contribution is -0.136. The molecular formula is C21H33N3O3. The number of anilines is 2. The number of hydrogen-bond acceptors (Lipinski definition) is 4. The SMILES string of the molecule is CCC(=O)Nc1ccc(N(C)C)c(CN(C[C@@H]2CCCO2)C(=O)C(C)C)c1. The van der Waals surface area contributed by atoms with E-state index in [1.807, 2.05) is 62.9 Å². The zero-order valence-corrected chi connectivity index (χ0v) is 17.2. The van der Waals surface area contributed by atoms with Crippen molar-refractivity contribution >= 4 is 23.2 Å². The summed E-state index contributed by atoms with van der Waals surface area (Å²) < 4.78 is 5.76. The molecule has 1 atom stereocenters. The van der Waals surface area contributed by atoms with Crippen molar-refractivity contribution in [3.05, 3.63) is 23.8 Å². The van der Waals surface area contributed by atoms with Gasteiger partial charge in [0.05, 0.1) is 6.10 Å². The van der Waals surface area contributed by atoms with E-state index in [2.05, 4.69) is 5.32 Å². The van der Waals surface area contributed by atoms with Crippen molar-refractivity contribution in [1.82, 2.24) is 4.90 Å². The predicted octanol–water partition coefficient (Wildman–Crippen LogP) is 3.26. The fraction of sp³-hybridized carbons (Fsp3) is 0.619. The van der Waals surface area contributed by atoms with E-state index in [0.29, 0.717) is 19.5 Å². The number of nitrogens with one attached hydrogen (secondary N) is 1. The van der Waals surface area contributed by atoms with E-state index in [1.54, 1.807) is 0 Å². The van der Waals surface area contributed by atoms with Gasteiger partial charge in [0.15, 0.2) is 0 Å². The summed E-state index contributed by atoms with van der Waals surface area (Å²) in [7, 11) is 3.97. The predicted molar refractivity (Wildman–Crippen MR) is 109 cm³/mol. The van der Waals surface area contributed by atoms with Crippen LogP contribution in [0.15, 0.2) is 18.2 Å². The van der Waals surface area contributed by atoms with E-state index in [-0.39, 0.29) is 23.8 Å². The number of hydrogen-bond donors (Lipinski definition) is 1. The molecule has 150 valence electrons. The highest BCUT2D eigenvalue weighted by molar-refractivity contribution is 5.91. The molecule has 1 N–H and O–H groups in total. The Morgan fingerprint density at radius 1 is 1.30 bits per heavy atom. The molecule has 6 heteroatoms. The maximum Gasteiger partial charge on any atom is 0.225 e. The molecule has 2 amide bonds. The molecular weight excluding hydrogens is 342 g/mol. The number of carbonyl (C=O) groups excluding carboxylic acids is 2. The van der Waals surface area contributed by atoms with Gasteiger partial charge in [0.25, 0.3) is 0 Å². The number of nitrogens with zero attached hydrogens (tertiary/aromatic N) is 2. The summed E-state index contributed by atoms with van der Waals surface area (Å²) in [5.41, 5.74) is 2.82. The highest BCUT2D eigenvalue weighted by atomic mass is 16.5. The van der Waals surface area contributed by atoms with Gasteiger partial charge in [-0.1, -0.05) is 20.8 Å². The molecule has 1 heterocycles. The minimum Gasteiger partial charge on any atom is -0.377 e. The van der Waals surface area contributed by atoms with E-state index in [1.165, 1.54) is 0 Å². The summed E-state index contributed by atoms with van der Waals surface area (Å²) in [5, 5.41) is 2.91. The number of amides is 2. The van der Waals surface area contributed by atoms with Crippen molar-refractivity contribution in [2.24, 2.45) is 5.92 Å². The first-order valence-electron chi connectivity index (χ1n) is 9.82. The first kappa shape index (κ1) is 21.2. The maximum absolute atomic E-state index is 12.8. The molecule has 0 unspecified atom stereocenters. The lowest BCUT2D eigenvalue weighted by Gasteiger charge is -2.29. The molecule has 0 aliphatic carbocycles. The van der Waals surface area contributed by atoms with Gasteiger partial charge in [0.2, 0.25) is 11.8 Å². The van der Waals surface area contributed by atoms with Gasteiger partial charge >= 0.3 is 0 Å². The van der Waals surface area contributed by atoms with Crippen LogP contribution in [0.2, 0.25) is 0 Å². The number of rotatable bonds is 8. The monoisotopic (exact) mass is 375 g/mol. The first-order chi connectivity index (χ1) is 12.8. The van der Waals surface area contributed by atoms with Crippen LogP contribution < -0.4 is 10.2 Å². The summed E-state index contributed by atoms with van der Waals surface area (Å²) in [4.78, 5) is 28.5. The summed E-state index contributed by atoms with van der Waals surface area (Å²) >= 11 is 0. The molecule has 1 saturated heterocycles. The van der Waals surface area contributed by atoms with Crippen LogP contribution in [0.25, 0.3) is 0 Å². The Morgan fingerprint density at radius 3 is 2.59 bits per heavy atom. The van der Waals surface area contributed by atoms with Gasteiger partial charge in [-0.05, 0) is 36.6 Å². The molecule has 0 saturated carbocycles. The molecule has 1 aliphatic rings. The average molecular weight is 376 g/mol. The van der Waals surface area contributed by atoms with Gasteiger partial charge in [-0.3, -0.25) is 9.59 Å². The molecule has 0 radical (unpaired) electrons. The Bertz CT molecular complexity index is 652. The molecule has 1 fully saturated rings. The minimum absolute atomic E-state index is 0.0204. The van der Waals surface area contributed by atoms with E-state index < -0.39 is 0 Å². The molecule has 0 spiro atoms. The Balaban J connectivity index is 2.28. The summed E-state index contributed by atoms with van der Waals surface area (Å²) in [5.74, 6) is 0.0309. The molecule has 1 aromatic rings. The number of ether oxygens (including phenoxy) is 1. The Labute approximate surface area is 162 Å². The van der Waals surface area contributed by atoms with Gasteiger partial charge in [-0.2, -0.15) is 0 Å². The molecule has 0 bridgehead atoms. The first-order valence-corrected chi connectivity index (χ1v) is 9.82. The van der Waals surface area contributed by atoms with Crippen LogP contribution in [0, 0.1) is 5.92 Å². The average Bonchev–Trinajstić information content (AvgIpc) is 3.13. The summed E-state index contributed by atoms with van der Waals surface area (Å²) in [6.07, 6.45) is 2.59. The maximum atomic E-state index is 12.8. The van der Waals surface area contributed by atoms with Gasteiger partial charge in [0.1, 0.15) is 0 Å². The van der Waals surface area contributed by atoms with Crippen molar-refractivity contribution in [2.75, 3.05) is 37.5 Å². The van der Waals surface area contributed by atoms with E-state index in [4.69, 9.17) is 4.74 Å². The van der Waals surface area contributed by atoms with Crippen LogP contribution in [0.4, 0.5) is 11.4 Å². The zero-order chi connectivity index (χ0) is 20.0. The number of carbonyl (C=O) groups is 2. The third-order valence-corrected chi connectivity index (χ3v) is 4.78. The summed E-state index contributed by atoms with van der Waals surface area (Å²) in [6, 6.07) is 5.87. The zero-order valence-electron chi connectivity index (χ0n) is 17.2. The van der Waals surface area contributed by atoms with Crippen LogP contribution in [0.3, 0.4) is 0 Å². The fourth-order valence-electron chi connectivity index (χ4n) is 3.31. The Hall–Kier alpha value is -2.08. The third-order valence-electron chi connectivity index (χ3n) is 4.78. The van der Waals surface area contributed by atoms with Crippen molar-refractivity contribution in [1.29, 1.82) is 0 Å². The molecule has 6 nitrogen and oxygen atoms in total. The van der Waals surface area contributed by atoms with Crippen LogP contribution in [0.5, 0.6) is 0 Å². The second-order valence-corrected chi connectivity index (χ2v) is 7.65. The molecule has 2 rings (SSSR count). The molecule has 1 aliphatic heterocycles. The molecule has 27 heavy (non-hydrogen) atoms. The van der Waals surface area contributed by atoms with Gasteiger partial charge in [-0.15, -0.1) is 0 Å². The largest absolute Gasteiger partial charge is 0.377 e. The van der Waals surface area contributed by atoms with E-state index in [9.17, 15) is 9.59 Å². The second kappa shape index (κ2) is 9.74. The Morgan fingerprint density at radius 2 is 2.04 bits per heavy atom. The van der Waals surface area contributed by atoms with Crippen molar-refractivity contribution in [2.45, 2.75) is 52.7 Å². The highest BCUT2D eigenvalue weighted by Gasteiger charge is 2.25. The van der Waals surface area contributed by atoms with Gasteiger partial charge in [-0.25, -0.2) is 0 Å². The van der Waals surface area contributed by atoms with Crippen LogP contribution in [-0.2, 0) is 20.9 Å². The van der Waals surface area contributed by atoms with Crippen molar-refractivity contribution < 1.29 is 14.3 Å². The van der Waals surface area contributed by atoms with Gasteiger partial charge < -0.3 is 19.9 Å². The molecule has 1 aromatic carbocycles. The van der Waals surface area contributed by atoms with Crippen LogP contribution in [-0.4, -0.2) is 50.1 Å². The normalized spacial score (nSPS) is 16.4. The van der Waals surface area contributed by atoms with Crippen molar-refractivity contribution in [3.8, 4) is 0 Å².